The minimum Gasteiger partial charge on any atom is -0.475 e. The third-order valence-electron chi connectivity index (χ3n) is 5.08. The largest absolute Gasteiger partial charge is 0.490 e. The fourth-order valence-corrected chi connectivity index (χ4v) is 3.90. The highest BCUT2D eigenvalue weighted by Crippen LogP contribution is 2.32. The normalized spacial score (nSPS) is 21.5. The van der Waals surface area contributed by atoms with Crippen molar-refractivity contribution in [3.05, 3.63) is 35.9 Å². The summed E-state index contributed by atoms with van der Waals surface area (Å²) in [4.78, 5) is 26.0. The third-order valence-corrected chi connectivity index (χ3v) is 5.08. The number of fused-ring (bicyclic) bond motifs is 1. The van der Waals surface area contributed by atoms with Crippen LogP contribution in [0.4, 0.5) is 18.0 Å². The Morgan fingerprint density at radius 3 is 2.28 bits per heavy atom. The number of halogens is 3. The molecular weight excluding hydrogens is 387 g/mol. The van der Waals surface area contributed by atoms with Crippen molar-refractivity contribution in [2.24, 2.45) is 5.92 Å². The maximum absolute atomic E-state index is 12.5. The molecule has 1 aromatic carbocycles. The minimum absolute atomic E-state index is 0.0998. The Balaban J connectivity index is 0.000000370. The maximum atomic E-state index is 12.5. The first kappa shape index (κ1) is 23.0. The Labute approximate surface area is 168 Å². The Morgan fingerprint density at radius 2 is 1.72 bits per heavy atom. The molecule has 2 aliphatic heterocycles. The first-order chi connectivity index (χ1) is 13.6. The number of hydrogen-bond donors (Lipinski definition) is 2. The van der Waals surface area contributed by atoms with Gasteiger partial charge in [0.1, 0.15) is 0 Å². The molecule has 2 N–H and O–H groups in total. The number of aliphatic carboxylic acids is 1. The van der Waals surface area contributed by atoms with Gasteiger partial charge in [0.2, 0.25) is 0 Å². The summed E-state index contributed by atoms with van der Waals surface area (Å²) in [5.41, 5.74) is 1.15. The van der Waals surface area contributed by atoms with E-state index in [1.165, 1.54) is 0 Å². The average Bonchev–Trinajstić information content (AvgIpc) is 3.23. The quantitative estimate of drug-likeness (QED) is 0.791. The van der Waals surface area contributed by atoms with E-state index < -0.39 is 12.1 Å². The second-order valence-corrected chi connectivity index (χ2v) is 7.74. The molecule has 2 saturated heterocycles. The van der Waals surface area contributed by atoms with Gasteiger partial charge >= 0.3 is 18.2 Å². The lowest BCUT2D eigenvalue weighted by Crippen LogP contribution is -2.44. The van der Waals surface area contributed by atoms with Crippen molar-refractivity contribution in [1.29, 1.82) is 0 Å². The number of benzene rings is 1. The Kier molecular flexibility index (Phi) is 7.89. The van der Waals surface area contributed by atoms with Crippen LogP contribution in [-0.2, 0) is 11.3 Å². The molecular formula is C20H28F3N3O3. The predicted molar refractivity (Wildman–Crippen MR) is 102 cm³/mol. The van der Waals surface area contributed by atoms with Gasteiger partial charge in [0.15, 0.2) is 0 Å². The number of urea groups is 1. The van der Waals surface area contributed by atoms with Crippen LogP contribution in [0.25, 0.3) is 0 Å². The summed E-state index contributed by atoms with van der Waals surface area (Å²) in [6.07, 6.45) is -2.84. The number of hydrogen-bond acceptors (Lipinski definition) is 3. The van der Waals surface area contributed by atoms with E-state index in [1.54, 1.807) is 0 Å². The van der Waals surface area contributed by atoms with Crippen LogP contribution >= 0.6 is 0 Å². The van der Waals surface area contributed by atoms with Gasteiger partial charge in [-0.1, -0.05) is 44.2 Å². The van der Waals surface area contributed by atoms with Gasteiger partial charge < -0.3 is 15.3 Å². The van der Waals surface area contributed by atoms with Crippen molar-refractivity contribution in [2.75, 3.05) is 19.6 Å². The summed E-state index contributed by atoms with van der Waals surface area (Å²) in [5.74, 6) is -2.06. The van der Waals surface area contributed by atoms with Gasteiger partial charge in [-0.3, -0.25) is 4.90 Å². The molecule has 2 aliphatic rings. The fourth-order valence-electron chi connectivity index (χ4n) is 3.90. The number of nitrogens with zero attached hydrogens (tertiary/aromatic N) is 2. The molecule has 29 heavy (non-hydrogen) atoms. The monoisotopic (exact) mass is 415 g/mol. The van der Waals surface area contributed by atoms with Crippen molar-refractivity contribution in [2.45, 2.75) is 51.5 Å². The Morgan fingerprint density at radius 1 is 1.14 bits per heavy atom. The summed E-state index contributed by atoms with van der Waals surface area (Å²) >= 11 is 0. The molecule has 2 amide bonds. The molecule has 0 unspecified atom stereocenters. The molecule has 6 nitrogen and oxygen atoms in total. The van der Waals surface area contributed by atoms with E-state index in [-0.39, 0.29) is 6.03 Å². The lowest BCUT2D eigenvalue weighted by atomic mass is 10.1. The van der Waals surface area contributed by atoms with Crippen LogP contribution < -0.4 is 5.32 Å². The molecule has 0 aliphatic carbocycles. The van der Waals surface area contributed by atoms with Crippen molar-refractivity contribution in [3.63, 3.8) is 0 Å². The summed E-state index contributed by atoms with van der Waals surface area (Å²) < 4.78 is 31.7. The lowest BCUT2D eigenvalue weighted by molar-refractivity contribution is -0.192. The maximum Gasteiger partial charge on any atom is 0.490 e. The molecule has 2 fully saturated rings. The smallest absolute Gasteiger partial charge is 0.475 e. The standard InChI is InChI=1S/C18H27N3O.C2HF3O2/c1-14(2)13-20-10-8-17-16(20)9-11-21(17)18(22)19-12-15-6-4-3-5-7-15;3-2(4,5)1(6)7/h3-7,14,16-17H,8-13H2,1-2H3,(H,19,22);(H,6,7)/t16-,17+;/m0./s1. The number of carbonyl (C=O) groups excluding carboxylic acids is 1. The number of rotatable bonds is 4. The summed E-state index contributed by atoms with van der Waals surface area (Å²) in [7, 11) is 0. The minimum atomic E-state index is -5.08. The zero-order chi connectivity index (χ0) is 21.6. The number of carbonyl (C=O) groups is 2. The van der Waals surface area contributed by atoms with Crippen LogP contribution in [0.15, 0.2) is 30.3 Å². The van der Waals surface area contributed by atoms with Crippen LogP contribution in [0.2, 0.25) is 0 Å². The molecule has 2 heterocycles. The molecule has 0 saturated carbocycles. The SMILES string of the molecule is CC(C)CN1CC[C@@H]2[C@@H]1CCN2C(=O)NCc1ccccc1.O=C(O)C(F)(F)F. The first-order valence-corrected chi connectivity index (χ1v) is 9.72. The Bertz CT molecular complexity index is 683. The summed E-state index contributed by atoms with van der Waals surface area (Å²) in [6.45, 7) is 8.34. The topological polar surface area (TPSA) is 72.9 Å². The molecule has 0 spiro atoms. The number of carboxylic acids is 1. The molecule has 9 heteroatoms. The van der Waals surface area contributed by atoms with Gasteiger partial charge in [0.05, 0.1) is 6.04 Å². The number of carboxylic acid groups (broad SMARTS) is 1. The highest BCUT2D eigenvalue weighted by atomic mass is 19.4. The fraction of sp³-hybridized carbons (Fsp3) is 0.600. The third kappa shape index (κ3) is 6.62. The zero-order valence-electron chi connectivity index (χ0n) is 16.7. The number of amides is 2. The molecule has 0 bridgehead atoms. The van der Waals surface area contributed by atoms with Gasteiger partial charge in [-0.05, 0) is 24.3 Å². The van der Waals surface area contributed by atoms with Gasteiger partial charge in [0, 0.05) is 32.2 Å². The molecule has 162 valence electrons. The highest BCUT2D eigenvalue weighted by molar-refractivity contribution is 5.75. The van der Waals surface area contributed by atoms with E-state index in [0.29, 0.717) is 24.5 Å². The van der Waals surface area contributed by atoms with Gasteiger partial charge in [-0.25, -0.2) is 9.59 Å². The van der Waals surface area contributed by atoms with Crippen LogP contribution in [-0.4, -0.2) is 64.8 Å². The zero-order valence-corrected chi connectivity index (χ0v) is 16.7. The van der Waals surface area contributed by atoms with Crippen LogP contribution in [0.5, 0.6) is 0 Å². The van der Waals surface area contributed by atoms with E-state index in [4.69, 9.17) is 9.90 Å². The van der Waals surface area contributed by atoms with Crippen molar-refractivity contribution < 1.29 is 27.9 Å². The molecule has 0 radical (unpaired) electrons. The first-order valence-electron chi connectivity index (χ1n) is 9.72. The second-order valence-electron chi connectivity index (χ2n) is 7.74. The van der Waals surface area contributed by atoms with Crippen molar-refractivity contribution in [3.8, 4) is 0 Å². The van der Waals surface area contributed by atoms with E-state index in [2.05, 4.69) is 29.0 Å². The van der Waals surface area contributed by atoms with Gasteiger partial charge in [-0.15, -0.1) is 0 Å². The van der Waals surface area contributed by atoms with E-state index in [9.17, 15) is 18.0 Å². The summed E-state index contributed by atoms with van der Waals surface area (Å²) in [6, 6.07) is 11.2. The Hall–Kier alpha value is -2.29. The highest BCUT2D eigenvalue weighted by Gasteiger charge is 2.44. The van der Waals surface area contributed by atoms with E-state index >= 15 is 0 Å². The van der Waals surface area contributed by atoms with Gasteiger partial charge in [0.25, 0.3) is 0 Å². The van der Waals surface area contributed by atoms with Crippen LogP contribution in [0.1, 0.15) is 32.3 Å². The molecule has 0 aromatic heterocycles. The number of nitrogens with one attached hydrogen (secondary N) is 1. The molecule has 1 aromatic rings. The lowest BCUT2D eigenvalue weighted by Gasteiger charge is -2.26. The van der Waals surface area contributed by atoms with Gasteiger partial charge in [-0.2, -0.15) is 13.2 Å². The number of likely N-dealkylation sites (tertiary alicyclic amines) is 2. The van der Waals surface area contributed by atoms with E-state index in [0.717, 1.165) is 38.0 Å². The number of alkyl halides is 3. The molecule has 2 atom stereocenters. The average molecular weight is 415 g/mol. The predicted octanol–water partition coefficient (Wildman–Crippen LogP) is 3.33. The van der Waals surface area contributed by atoms with Crippen LogP contribution in [0.3, 0.4) is 0 Å². The van der Waals surface area contributed by atoms with E-state index in [1.807, 2.05) is 30.3 Å². The molecule has 3 rings (SSSR count). The second kappa shape index (κ2) is 9.96. The van der Waals surface area contributed by atoms with Crippen molar-refractivity contribution >= 4 is 12.0 Å². The van der Waals surface area contributed by atoms with Crippen molar-refractivity contribution in [1.82, 2.24) is 15.1 Å². The summed E-state index contributed by atoms with van der Waals surface area (Å²) in [5, 5.41) is 10.2. The van der Waals surface area contributed by atoms with Crippen LogP contribution in [0, 0.1) is 5.92 Å².